The Bertz CT molecular complexity index is 585. The van der Waals surface area contributed by atoms with Crippen LogP contribution in [0.1, 0.15) is 11.1 Å². The van der Waals surface area contributed by atoms with E-state index in [9.17, 15) is 13.2 Å². The van der Waals surface area contributed by atoms with E-state index in [2.05, 4.69) is 5.32 Å². The Balaban J connectivity index is 2.67. The van der Waals surface area contributed by atoms with Gasteiger partial charge in [-0.3, -0.25) is 0 Å². The Morgan fingerprint density at radius 3 is 2.21 bits per heavy atom. The number of rotatable bonds is 3. The van der Waals surface area contributed by atoms with Gasteiger partial charge in [0.25, 0.3) is 0 Å². The van der Waals surface area contributed by atoms with Crippen molar-refractivity contribution in [2.45, 2.75) is 13.5 Å². The molecule has 0 unspecified atom stereocenters. The zero-order chi connectivity index (χ0) is 14.0. The van der Waals surface area contributed by atoms with Crippen LogP contribution >= 0.6 is 0 Å². The summed E-state index contributed by atoms with van der Waals surface area (Å²) in [6.45, 7) is 2.32. The number of aryl methyl sites for hydroxylation is 1. The summed E-state index contributed by atoms with van der Waals surface area (Å²) in [5.74, 6) is -2.69. The summed E-state index contributed by atoms with van der Waals surface area (Å²) in [6.07, 6.45) is 0. The van der Waals surface area contributed by atoms with Crippen molar-refractivity contribution in [1.82, 2.24) is 5.32 Å². The highest BCUT2D eigenvalue weighted by Crippen LogP contribution is 2.30. The van der Waals surface area contributed by atoms with Gasteiger partial charge in [0.1, 0.15) is 17.5 Å². The first-order chi connectivity index (χ1) is 9.02. The molecule has 0 amide bonds. The average molecular weight is 265 g/mol. The summed E-state index contributed by atoms with van der Waals surface area (Å²) in [5.41, 5.74) is 1.91. The fourth-order valence-corrected chi connectivity index (χ4v) is 2.07. The molecule has 0 aliphatic heterocycles. The zero-order valence-electron chi connectivity index (χ0n) is 10.7. The molecule has 19 heavy (non-hydrogen) atoms. The topological polar surface area (TPSA) is 12.0 Å². The third kappa shape index (κ3) is 2.79. The van der Waals surface area contributed by atoms with Gasteiger partial charge in [0.05, 0.1) is 5.56 Å². The van der Waals surface area contributed by atoms with Crippen molar-refractivity contribution >= 4 is 0 Å². The third-order valence-corrected chi connectivity index (χ3v) is 2.91. The minimum atomic E-state index is -0.915. The molecule has 4 heteroatoms. The molecule has 1 N–H and O–H groups in total. The molecule has 2 aromatic rings. The van der Waals surface area contributed by atoms with E-state index in [1.54, 1.807) is 13.1 Å². The van der Waals surface area contributed by atoms with Crippen LogP contribution in [0.5, 0.6) is 0 Å². The zero-order valence-corrected chi connectivity index (χ0v) is 10.7. The van der Waals surface area contributed by atoms with Gasteiger partial charge < -0.3 is 5.32 Å². The van der Waals surface area contributed by atoms with Gasteiger partial charge in [-0.25, -0.2) is 13.2 Å². The molecule has 0 saturated carbocycles. The molecule has 2 aromatic carbocycles. The second kappa shape index (κ2) is 5.45. The van der Waals surface area contributed by atoms with Crippen molar-refractivity contribution in [3.8, 4) is 11.1 Å². The number of nitrogens with one attached hydrogen (secondary N) is 1. The van der Waals surface area contributed by atoms with E-state index in [1.165, 1.54) is 0 Å². The molecule has 0 aromatic heterocycles. The maximum Gasteiger partial charge on any atom is 0.136 e. The van der Waals surface area contributed by atoms with Gasteiger partial charge in [0.2, 0.25) is 0 Å². The van der Waals surface area contributed by atoms with Crippen molar-refractivity contribution in [3.63, 3.8) is 0 Å². The maximum absolute atomic E-state index is 13.8. The largest absolute Gasteiger partial charge is 0.316 e. The molecule has 0 radical (unpaired) electrons. The third-order valence-electron chi connectivity index (χ3n) is 2.91. The van der Waals surface area contributed by atoms with Crippen LogP contribution in [0.2, 0.25) is 0 Å². The minimum absolute atomic E-state index is 0.185. The summed E-state index contributed by atoms with van der Waals surface area (Å²) >= 11 is 0. The van der Waals surface area contributed by atoms with Gasteiger partial charge in [-0.15, -0.1) is 0 Å². The summed E-state index contributed by atoms with van der Waals surface area (Å²) in [7, 11) is 1.75. The second-order valence-corrected chi connectivity index (χ2v) is 4.44. The van der Waals surface area contributed by atoms with E-state index in [1.807, 2.05) is 19.1 Å². The summed E-state index contributed by atoms with van der Waals surface area (Å²) in [5, 5.41) is 2.94. The van der Waals surface area contributed by atoms with Crippen LogP contribution < -0.4 is 5.32 Å². The lowest BCUT2D eigenvalue weighted by Gasteiger charge is -2.12. The maximum atomic E-state index is 13.8. The van der Waals surface area contributed by atoms with Crippen molar-refractivity contribution in [3.05, 3.63) is 58.9 Å². The van der Waals surface area contributed by atoms with Gasteiger partial charge in [0.15, 0.2) is 0 Å². The highest BCUT2D eigenvalue weighted by Gasteiger charge is 2.16. The lowest BCUT2D eigenvalue weighted by molar-refractivity contribution is 0.547. The predicted octanol–water partition coefficient (Wildman–Crippen LogP) is 3.80. The monoisotopic (exact) mass is 265 g/mol. The first-order valence-electron chi connectivity index (χ1n) is 5.92. The lowest BCUT2D eigenvalue weighted by Crippen LogP contribution is -2.07. The number of hydrogen-bond donors (Lipinski definition) is 1. The average Bonchev–Trinajstić information content (AvgIpc) is 2.31. The van der Waals surface area contributed by atoms with Crippen LogP contribution in [-0.2, 0) is 6.54 Å². The van der Waals surface area contributed by atoms with E-state index in [0.717, 1.165) is 11.1 Å². The van der Waals surface area contributed by atoms with Crippen molar-refractivity contribution in [2.75, 3.05) is 7.05 Å². The minimum Gasteiger partial charge on any atom is -0.316 e. The molecule has 0 fully saturated rings. The highest BCUT2D eigenvalue weighted by atomic mass is 19.1. The molecular formula is C15H14F3N. The molecule has 1 nitrogen and oxygen atoms in total. The highest BCUT2D eigenvalue weighted by molar-refractivity contribution is 5.69. The van der Waals surface area contributed by atoms with Crippen LogP contribution in [0.15, 0.2) is 30.3 Å². The van der Waals surface area contributed by atoms with Crippen molar-refractivity contribution in [2.24, 2.45) is 0 Å². The van der Waals surface area contributed by atoms with Crippen LogP contribution in [-0.4, -0.2) is 7.05 Å². The Morgan fingerprint density at radius 2 is 1.63 bits per heavy atom. The van der Waals surface area contributed by atoms with Crippen LogP contribution in [0, 0.1) is 24.4 Å². The number of hydrogen-bond acceptors (Lipinski definition) is 1. The van der Waals surface area contributed by atoms with Crippen LogP contribution in [0.4, 0.5) is 13.2 Å². The van der Waals surface area contributed by atoms with Gasteiger partial charge >= 0.3 is 0 Å². The van der Waals surface area contributed by atoms with E-state index in [4.69, 9.17) is 0 Å². The standard InChI is InChI=1S/C15H14F3N/c1-9-3-4-10(8-19-2)12(5-9)15-13(17)6-11(16)7-14(15)18/h3-7,19H,8H2,1-2H3. The molecule has 0 bridgehead atoms. The predicted molar refractivity (Wildman–Crippen MR) is 69.3 cm³/mol. The van der Waals surface area contributed by atoms with Crippen LogP contribution in [0.25, 0.3) is 11.1 Å². The normalized spacial score (nSPS) is 10.8. The first kappa shape index (κ1) is 13.6. The molecule has 0 saturated heterocycles. The van der Waals surface area contributed by atoms with Gasteiger partial charge in [-0.2, -0.15) is 0 Å². The molecule has 0 aliphatic carbocycles. The Kier molecular flexibility index (Phi) is 3.90. The molecule has 0 aliphatic rings. The second-order valence-electron chi connectivity index (χ2n) is 4.44. The van der Waals surface area contributed by atoms with E-state index < -0.39 is 17.5 Å². The molecule has 0 atom stereocenters. The van der Waals surface area contributed by atoms with Gasteiger partial charge in [-0.1, -0.05) is 23.8 Å². The van der Waals surface area contributed by atoms with E-state index in [0.29, 0.717) is 24.2 Å². The number of benzene rings is 2. The molecule has 2 rings (SSSR count). The van der Waals surface area contributed by atoms with Gasteiger partial charge in [0, 0.05) is 18.7 Å². The summed E-state index contributed by atoms with van der Waals surface area (Å²) in [6, 6.07) is 6.78. The Labute approximate surface area is 110 Å². The molecule has 0 heterocycles. The SMILES string of the molecule is CNCc1ccc(C)cc1-c1c(F)cc(F)cc1F. The molecule has 0 spiro atoms. The Hall–Kier alpha value is -1.81. The number of halogens is 3. The molecule has 100 valence electrons. The Morgan fingerprint density at radius 1 is 1.00 bits per heavy atom. The first-order valence-corrected chi connectivity index (χ1v) is 5.92. The fourth-order valence-electron chi connectivity index (χ4n) is 2.07. The van der Waals surface area contributed by atoms with Crippen LogP contribution in [0.3, 0.4) is 0 Å². The smallest absolute Gasteiger partial charge is 0.136 e. The summed E-state index contributed by atoms with van der Waals surface area (Å²) < 4.78 is 40.7. The quantitative estimate of drug-likeness (QED) is 0.890. The van der Waals surface area contributed by atoms with Crippen molar-refractivity contribution in [1.29, 1.82) is 0 Å². The molecular weight excluding hydrogens is 251 g/mol. The summed E-state index contributed by atoms with van der Waals surface area (Å²) in [4.78, 5) is 0. The van der Waals surface area contributed by atoms with E-state index >= 15 is 0 Å². The lowest BCUT2D eigenvalue weighted by atomic mass is 9.96. The van der Waals surface area contributed by atoms with Gasteiger partial charge in [-0.05, 0) is 25.1 Å². The fraction of sp³-hybridized carbons (Fsp3) is 0.200. The van der Waals surface area contributed by atoms with E-state index in [-0.39, 0.29) is 5.56 Å². The van der Waals surface area contributed by atoms with Crippen molar-refractivity contribution < 1.29 is 13.2 Å².